The minimum absolute atomic E-state index is 0.544. The molecule has 0 spiro atoms. The smallest absolute Gasteiger partial charge is 0.0855 e. The molecular formula is C14H17NS. The molecule has 1 aliphatic rings. The van der Waals surface area contributed by atoms with Gasteiger partial charge in [-0.05, 0) is 36.5 Å². The molecule has 0 atom stereocenters. The van der Waals surface area contributed by atoms with Crippen LogP contribution >= 0.6 is 11.8 Å². The van der Waals surface area contributed by atoms with E-state index in [2.05, 4.69) is 30.3 Å². The van der Waals surface area contributed by atoms with E-state index in [1.54, 1.807) is 11.8 Å². The second kappa shape index (κ2) is 5.96. The first-order valence-electron chi connectivity index (χ1n) is 6.00. The molecule has 0 aliphatic heterocycles. The van der Waals surface area contributed by atoms with Crippen LogP contribution in [-0.2, 0) is 0 Å². The maximum absolute atomic E-state index is 8.52. The van der Waals surface area contributed by atoms with Crippen molar-refractivity contribution >= 4 is 11.8 Å². The highest BCUT2D eigenvalue weighted by molar-refractivity contribution is 7.99. The molecule has 0 bridgehead atoms. The van der Waals surface area contributed by atoms with E-state index in [9.17, 15) is 0 Å². The largest absolute Gasteiger partial charge is 0.197 e. The average molecular weight is 231 g/mol. The van der Waals surface area contributed by atoms with Crippen LogP contribution in [0, 0.1) is 11.3 Å². The van der Waals surface area contributed by atoms with Crippen LogP contribution < -0.4 is 0 Å². The molecule has 1 fully saturated rings. The second-order valence-corrected chi connectivity index (χ2v) is 5.40. The Morgan fingerprint density at radius 1 is 1.12 bits per heavy atom. The number of rotatable bonds is 3. The standard InChI is InChI=1S/C14H17NS/c15-10-11-16-14-8-6-13(7-9-14)12-4-2-1-3-5-12/h6-9,12H,1-5,11H2. The van der Waals surface area contributed by atoms with Crippen molar-refractivity contribution in [3.8, 4) is 6.07 Å². The van der Waals surface area contributed by atoms with Gasteiger partial charge in [0, 0.05) is 4.90 Å². The number of benzene rings is 1. The SMILES string of the molecule is N#CCSc1ccc(C2CCCCC2)cc1. The topological polar surface area (TPSA) is 23.8 Å². The van der Waals surface area contributed by atoms with Gasteiger partial charge in [-0.3, -0.25) is 0 Å². The number of hydrogen-bond acceptors (Lipinski definition) is 2. The van der Waals surface area contributed by atoms with Gasteiger partial charge in [0.25, 0.3) is 0 Å². The van der Waals surface area contributed by atoms with Gasteiger partial charge in [0.15, 0.2) is 0 Å². The zero-order valence-corrected chi connectivity index (χ0v) is 10.3. The van der Waals surface area contributed by atoms with E-state index < -0.39 is 0 Å². The summed E-state index contributed by atoms with van der Waals surface area (Å²) in [5.74, 6) is 1.33. The van der Waals surface area contributed by atoms with Crippen molar-refractivity contribution in [3.63, 3.8) is 0 Å². The number of hydrogen-bond donors (Lipinski definition) is 0. The molecule has 1 aliphatic carbocycles. The zero-order valence-electron chi connectivity index (χ0n) is 9.48. The Bertz CT molecular complexity index is 357. The van der Waals surface area contributed by atoms with Gasteiger partial charge in [-0.1, -0.05) is 31.4 Å². The highest BCUT2D eigenvalue weighted by Gasteiger charge is 2.14. The molecule has 0 heterocycles. The maximum atomic E-state index is 8.52. The van der Waals surface area contributed by atoms with Crippen LogP contribution in [0.3, 0.4) is 0 Å². The van der Waals surface area contributed by atoms with Crippen LogP contribution in [0.25, 0.3) is 0 Å². The van der Waals surface area contributed by atoms with E-state index in [-0.39, 0.29) is 0 Å². The summed E-state index contributed by atoms with van der Waals surface area (Å²) in [7, 11) is 0. The normalized spacial score (nSPS) is 16.9. The molecule has 2 rings (SSSR count). The van der Waals surface area contributed by atoms with Crippen molar-refractivity contribution in [2.24, 2.45) is 0 Å². The highest BCUT2D eigenvalue weighted by Crippen LogP contribution is 2.33. The van der Waals surface area contributed by atoms with Crippen molar-refractivity contribution in [3.05, 3.63) is 29.8 Å². The molecule has 0 unspecified atom stereocenters. The fraction of sp³-hybridized carbons (Fsp3) is 0.500. The Labute approximate surface area is 102 Å². The van der Waals surface area contributed by atoms with E-state index in [1.165, 1.54) is 42.6 Å². The van der Waals surface area contributed by atoms with Crippen LogP contribution in [0.15, 0.2) is 29.2 Å². The molecule has 0 aromatic heterocycles. The predicted octanol–water partition coefficient (Wildman–Crippen LogP) is 4.35. The summed E-state index contributed by atoms with van der Waals surface area (Å²) in [6.45, 7) is 0. The van der Waals surface area contributed by atoms with Crippen LogP contribution in [0.1, 0.15) is 43.6 Å². The first-order chi connectivity index (χ1) is 7.90. The molecular weight excluding hydrogens is 214 g/mol. The minimum Gasteiger partial charge on any atom is -0.197 e. The summed E-state index contributed by atoms with van der Waals surface area (Å²) >= 11 is 1.61. The summed E-state index contributed by atoms with van der Waals surface area (Å²) < 4.78 is 0. The maximum Gasteiger partial charge on any atom is 0.0855 e. The number of thioether (sulfide) groups is 1. The molecule has 1 aromatic rings. The minimum atomic E-state index is 0.544. The van der Waals surface area contributed by atoms with Gasteiger partial charge in [-0.25, -0.2) is 0 Å². The zero-order chi connectivity index (χ0) is 11.2. The van der Waals surface area contributed by atoms with Crippen molar-refractivity contribution in [2.75, 3.05) is 5.75 Å². The van der Waals surface area contributed by atoms with Gasteiger partial charge in [0.1, 0.15) is 0 Å². The quantitative estimate of drug-likeness (QED) is 0.722. The Morgan fingerprint density at radius 3 is 2.44 bits per heavy atom. The van der Waals surface area contributed by atoms with Gasteiger partial charge in [0.2, 0.25) is 0 Å². The summed E-state index contributed by atoms with van der Waals surface area (Å²) in [6, 6.07) is 11.0. The summed E-state index contributed by atoms with van der Waals surface area (Å²) in [5, 5.41) is 8.52. The molecule has 1 aromatic carbocycles. The monoisotopic (exact) mass is 231 g/mol. The Morgan fingerprint density at radius 2 is 1.81 bits per heavy atom. The van der Waals surface area contributed by atoms with Crippen LogP contribution in [0.2, 0.25) is 0 Å². The molecule has 2 heteroatoms. The first-order valence-corrected chi connectivity index (χ1v) is 6.98. The fourth-order valence-electron chi connectivity index (χ4n) is 2.39. The lowest BCUT2D eigenvalue weighted by atomic mass is 9.84. The highest BCUT2D eigenvalue weighted by atomic mass is 32.2. The molecule has 0 N–H and O–H groups in total. The summed E-state index contributed by atoms with van der Waals surface area (Å²) in [4.78, 5) is 1.21. The molecule has 1 saturated carbocycles. The average Bonchev–Trinajstić information content (AvgIpc) is 2.38. The van der Waals surface area contributed by atoms with E-state index in [0.717, 1.165) is 5.92 Å². The Balaban J connectivity index is 1.98. The molecule has 84 valence electrons. The van der Waals surface area contributed by atoms with Crippen LogP contribution in [-0.4, -0.2) is 5.75 Å². The van der Waals surface area contributed by atoms with E-state index in [4.69, 9.17) is 5.26 Å². The van der Waals surface area contributed by atoms with Gasteiger partial charge >= 0.3 is 0 Å². The first kappa shape index (κ1) is 11.5. The Kier molecular flexibility index (Phi) is 4.30. The fourth-order valence-corrected chi connectivity index (χ4v) is 2.95. The van der Waals surface area contributed by atoms with Crippen molar-refractivity contribution < 1.29 is 0 Å². The number of nitrogens with zero attached hydrogens (tertiary/aromatic N) is 1. The van der Waals surface area contributed by atoms with Crippen molar-refractivity contribution in [1.29, 1.82) is 5.26 Å². The molecule has 0 radical (unpaired) electrons. The van der Waals surface area contributed by atoms with Crippen LogP contribution in [0.5, 0.6) is 0 Å². The molecule has 0 amide bonds. The molecule has 0 saturated heterocycles. The van der Waals surface area contributed by atoms with Crippen LogP contribution in [0.4, 0.5) is 0 Å². The third kappa shape index (κ3) is 3.02. The van der Waals surface area contributed by atoms with Crippen molar-refractivity contribution in [1.82, 2.24) is 0 Å². The molecule has 16 heavy (non-hydrogen) atoms. The van der Waals surface area contributed by atoms with Gasteiger partial charge in [-0.15, -0.1) is 11.8 Å². The van der Waals surface area contributed by atoms with E-state index >= 15 is 0 Å². The van der Waals surface area contributed by atoms with Gasteiger partial charge in [-0.2, -0.15) is 5.26 Å². The summed E-state index contributed by atoms with van der Waals surface area (Å²) in [5.41, 5.74) is 1.49. The lowest BCUT2D eigenvalue weighted by Gasteiger charge is -2.21. The molecule has 1 nitrogen and oxygen atoms in total. The summed E-state index contributed by atoms with van der Waals surface area (Å²) in [6.07, 6.45) is 6.88. The second-order valence-electron chi connectivity index (χ2n) is 4.35. The third-order valence-corrected chi connectivity index (χ3v) is 4.14. The third-order valence-electron chi connectivity index (χ3n) is 3.26. The lowest BCUT2D eigenvalue weighted by Crippen LogP contribution is -2.04. The van der Waals surface area contributed by atoms with Gasteiger partial charge < -0.3 is 0 Å². The van der Waals surface area contributed by atoms with E-state index in [1.807, 2.05) is 0 Å². The lowest BCUT2D eigenvalue weighted by molar-refractivity contribution is 0.443. The number of nitriles is 1. The van der Waals surface area contributed by atoms with E-state index in [0.29, 0.717) is 5.75 Å². The predicted molar refractivity (Wildman–Crippen MR) is 68.6 cm³/mol. The van der Waals surface area contributed by atoms with Gasteiger partial charge in [0.05, 0.1) is 11.8 Å². The van der Waals surface area contributed by atoms with Crippen molar-refractivity contribution in [2.45, 2.75) is 42.9 Å². The Hall–Kier alpha value is -0.940.